The van der Waals surface area contributed by atoms with E-state index in [0.717, 1.165) is 0 Å². The number of benzene rings is 1. The van der Waals surface area contributed by atoms with Gasteiger partial charge in [-0.2, -0.15) is 0 Å². The zero-order valence-corrected chi connectivity index (χ0v) is 19.4. The van der Waals surface area contributed by atoms with Gasteiger partial charge < -0.3 is 29.3 Å². The quantitative estimate of drug-likeness (QED) is 0.488. The van der Waals surface area contributed by atoms with Crippen molar-refractivity contribution < 1.29 is 38.2 Å². The Morgan fingerprint density at radius 1 is 1.03 bits per heavy atom. The number of fused-ring (bicyclic) bond motifs is 2. The zero-order chi connectivity index (χ0) is 24.6. The van der Waals surface area contributed by atoms with E-state index in [-0.39, 0.29) is 54.5 Å². The van der Waals surface area contributed by atoms with E-state index in [1.807, 2.05) is 0 Å². The third-order valence-corrected chi connectivity index (χ3v) is 5.70. The van der Waals surface area contributed by atoms with Crippen molar-refractivity contribution in [3.8, 4) is 17.2 Å². The highest BCUT2D eigenvalue weighted by molar-refractivity contribution is 5.96. The highest BCUT2D eigenvalue weighted by atomic mass is 16.6. The van der Waals surface area contributed by atoms with Gasteiger partial charge in [-0.15, -0.1) is 0 Å². The Bertz CT molecular complexity index is 1050. The molecule has 2 aliphatic rings. The molecule has 0 saturated carbocycles. The van der Waals surface area contributed by atoms with Crippen LogP contribution in [0, 0.1) is 6.92 Å². The van der Waals surface area contributed by atoms with Gasteiger partial charge >= 0.3 is 11.9 Å². The fourth-order valence-electron chi connectivity index (χ4n) is 4.47. The van der Waals surface area contributed by atoms with E-state index in [1.54, 1.807) is 6.92 Å². The Morgan fingerprint density at radius 3 is 2.18 bits per heavy atom. The molecule has 3 amide bonds. The third-order valence-electron chi connectivity index (χ3n) is 5.70. The lowest BCUT2D eigenvalue weighted by Crippen LogP contribution is -2.63. The average molecular weight is 461 g/mol. The second kappa shape index (κ2) is 9.08. The van der Waals surface area contributed by atoms with Crippen LogP contribution in [0.2, 0.25) is 0 Å². The molecular formula is C22H27N3O8. The fraction of sp³-hybridized carbons (Fsp3) is 0.500. The number of carbonyl (C=O) groups is 5. The number of esters is 2. The first kappa shape index (κ1) is 24.0. The SMILES string of the molecule is COc1c(C)c(OC(C)=O)c2c(c1OC(C)=O)[C@@H](CNC(C)=O)N1C(=O)CN(C)C(=O)[C@@H]1C2. The molecule has 2 heterocycles. The molecule has 0 spiro atoms. The van der Waals surface area contributed by atoms with Crippen molar-refractivity contribution in [3.05, 3.63) is 16.7 Å². The summed E-state index contributed by atoms with van der Waals surface area (Å²) in [6.45, 7) is 5.24. The summed E-state index contributed by atoms with van der Waals surface area (Å²) < 4.78 is 16.5. The molecule has 3 rings (SSSR count). The molecule has 11 heteroatoms. The molecule has 11 nitrogen and oxygen atoms in total. The normalized spacial score (nSPS) is 19.5. The van der Waals surface area contributed by atoms with E-state index in [0.29, 0.717) is 16.7 Å². The number of methoxy groups -OCH3 is 1. The van der Waals surface area contributed by atoms with Crippen molar-refractivity contribution in [1.29, 1.82) is 0 Å². The molecule has 2 aliphatic heterocycles. The lowest BCUT2D eigenvalue weighted by Gasteiger charge is -2.47. The number of nitrogens with one attached hydrogen (secondary N) is 1. The molecule has 1 aromatic rings. The summed E-state index contributed by atoms with van der Waals surface area (Å²) in [7, 11) is 2.91. The summed E-state index contributed by atoms with van der Waals surface area (Å²) in [4.78, 5) is 64.5. The summed E-state index contributed by atoms with van der Waals surface area (Å²) in [5.74, 6) is -1.80. The molecule has 1 fully saturated rings. The number of hydrogen-bond donors (Lipinski definition) is 1. The van der Waals surface area contributed by atoms with Crippen LogP contribution < -0.4 is 19.5 Å². The fourth-order valence-corrected chi connectivity index (χ4v) is 4.47. The van der Waals surface area contributed by atoms with Crippen molar-refractivity contribution >= 4 is 29.7 Å². The number of piperazine rings is 1. The summed E-state index contributed by atoms with van der Waals surface area (Å²) in [6.07, 6.45) is 0.0303. The third kappa shape index (κ3) is 4.35. The van der Waals surface area contributed by atoms with Crippen molar-refractivity contribution in [2.45, 2.75) is 46.2 Å². The molecule has 0 aromatic heterocycles. The predicted octanol–water partition coefficient (Wildman–Crippen LogP) is 0.257. The van der Waals surface area contributed by atoms with Gasteiger partial charge in [-0.25, -0.2) is 0 Å². The molecule has 1 saturated heterocycles. The molecule has 2 atom stereocenters. The van der Waals surface area contributed by atoms with Crippen LogP contribution in [0.4, 0.5) is 0 Å². The largest absolute Gasteiger partial charge is 0.492 e. The van der Waals surface area contributed by atoms with E-state index in [4.69, 9.17) is 14.2 Å². The van der Waals surface area contributed by atoms with Gasteiger partial charge in [0.05, 0.1) is 19.7 Å². The second-order valence-corrected chi connectivity index (χ2v) is 8.06. The topological polar surface area (TPSA) is 132 Å². The number of ether oxygens (including phenoxy) is 3. The molecule has 1 N–H and O–H groups in total. The van der Waals surface area contributed by atoms with Crippen LogP contribution in [-0.4, -0.2) is 72.7 Å². The van der Waals surface area contributed by atoms with Gasteiger partial charge in [0.25, 0.3) is 0 Å². The number of amides is 3. The monoisotopic (exact) mass is 461 g/mol. The van der Waals surface area contributed by atoms with Crippen LogP contribution >= 0.6 is 0 Å². The number of nitrogens with zero attached hydrogens (tertiary/aromatic N) is 2. The van der Waals surface area contributed by atoms with Crippen LogP contribution in [0.25, 0.3) is 0 Å². The summed E-state index contributed by atoms with van der Waals surface area (Å²) in [5.41, 5.74) is 1.18. The minimum Gasteiger partial charge on any atom is -0.492 e. The van der Waals surface area contributed by atoms with E-state index in [9.17, 15) is 24.0 Å². The van der Waals surface area contributed by atoms with Gasteiger partial charge in [-0.1, -0.05) is 0 Å². The molecule has 0 bridgehead atoms. The van der Waals surface area contributed by atoms with Crippen LogP contribution in [0.15, 0.2) is 0 Å². The smallest absolute Gasteiger partial charge is 0.308 e. The number of likely N-dealkylation sites (N-methyl/N-ethyl adjacent to an activating group) is 1. The van der Waals surface area contributed by atoms with Gasteiger partial charge in [0, 0.05) is 57.5 Å². The Balaban J connectivity index is 2.37. The van der Waals surface area contributed by atoms with Crippen molar-refractivity contribution in [2.75, 3.05) is 27.2 Å². The highest BCUT2D eigenvalue weighted by Gasteiger charge is 2.49. The molecule has 33 heavy (non-hydrogen) atoms. The van der Waals surface area contributed by atoms with Crippen molar-refractivity contribution in [3.63, 3.8) is 0 Å². The average Bonchev–Trinajstić information content (AvgIpc) is 2.71. The Labute approximate surface area is 190 Å². The first-order valence-corrected chi connectivity index (χ1v) is 10.4. The van der Waals surface area contributed by atoms with Crippen LogP contribution in [0.1, 0.15) is 43.5 Å². The van der Waals surface area contributed by atoms with Crippen LogP contribution in [0.3, 0.4) is 0 Å². The molecule has 0 radical (unpaired) electrons. The number of carbonyl (C=O) groups excluding carboxylic acids is 5. The zero-order valence-electron chi connectivity index (χ0n) is 19.4. The minimum atomic E-state index is -0.880. The minimum absolute atomic E-state index is 0.0303. The molecular weight excluding hydrogens is 434 g/mol. The maximum Gasteiger partial charge on any atom is 0.308 e. The molecule has 0 aliphatic carbocycles. The predicted molar refractivity (Wildman–Crippen MR) is 114 cm³/mol. The molecule has 1 aromatic carbocycles. The summed E-state index contributed by atoms with van der Waals surface area (Å²) in [5, 5.41) is 2.68. The Morgan fingerprint density at radius 2 is 1.64 bits per heavy atom. The van der Waals surface area contributed by atoms with Gasteiger partial charge in [0.2, 0.25) is 17.7 Å². The van der Waals surface area contributed by atoms with E-state index in [1.165, 1.54) is 44.7 Å². The lowest BCUT2D eigenvalue weighted by molar-refractivity contribution is -0.158. The van der Waals surface area contributed by atoms with Gasteiger partial charge in [-0.05, 0) is 6.92 Å². The van der Waals surface area contributed by atoms with Gasteiger partial charge in [0.15, 0.2) is 11.5 Å². The van der Waals surface area contributed by atoms with Crippen LogP contribution in [0.5, 0.6) is 17.2 Å². The van der Waals surface area contributed by atoms with Gasteiger partial charge in [-0.3, -0.25) is 24.0 Å². The second-order valence-electron chi connectivity index (χ2n) is 8.06. The first-order valence-electron chi connectivity index (χ1n) is 10.4. The molecule has 178 valence electrons. The number of hydrogen-bond acceptors (Lipinski definition) is 8. The Kier molecular flexibility index (Phi) is 6.61. The van der Waals surface area contributed by atoms with Crippen molar-refractivity contribution in [1.82, 2.24) is 15.1 Å². The lowest BCUT2D eigenvalue weighted by atomic mass is 9.83. The number of rotatable bonds is 5. The highest BCUT2D eigenvalue weighted by Crippen LogP contribution is 2.51. The van der Waals surface area contributed by atoms with Crippen LogP contribution in [-0.2, 0) is 30.4 Å². The maximum atomic E-state index is 13.1. The maximum absolute atomic E-state index is 13.1. The van der Waals surface area contributed by atoms with E-state index in [2.05, 4.69) is 5.32 Å². The van der Waals surface area contributed by atoms with E-state index < -0.39 is 24.0 Å². The summed E-state index contributed by atoms with van der Waals surface area (Å²) >= 11 is 0. The standard InChI is InChI=1S/C22H27N3O8/c1-10-19(32-12(3)27)14-7-15-22(30)24(5)9-17(29)25(15)16(8-23-11(2)26)18(14)21(20(10)31-6)33-13(4)28/h15-16H,7-9H2,1-6H3,(H,23,26)/t15-,16+/m0/s1. The molecule has 0 unspecified atom stereocenters. The van der Waals surface area contributed by atoms with Gasteiger partial charge in [0.1, 0.15) is 11.8 Å². The van der Waals surface area contributed by atoms with Crippen molar-refractivity contribution in [2.24, 2.45) is 0 Å². The van der Waals surface area contributed by atoms with E-state index >= 15 is 0 Å². The Hall–Kier alpha value is -3.63. The summed E-state index contributed by atoms with van der Waals surface area (Å²) in [6, 6.07) is -1.75. The first-order chi connectivity index (χ1) is 15.5.